The van der Waals surface area contributed by atoms with Gasteiger partial charge in [0.15, 0.2) is 0 Å². The van der Waals surface area contributed by atoms with Crippen LogP contribution in [0.15, 0.2) is 18.2 Å². The molecule has 0 bridgehead atoms. The minimum atomic E-state index is -0.779. The number of nitrogens with zero attached hydrogens (tertiary/aromatic N) is 1. The number of carbonyl (C=O) groups excluding carboxylic acids is 1. The molecule has 2 heterocycles. The standard InChI is InChI=1S/C14H16N2O2S2/c1-9-2-3-10-11(8-9)19-13(12(10)15)14(17)16-4-6-20(18)7-5-16/h2-3,8H,4-7,15H2,1H3. The molecule has 0 saturated carbocycles. The van der Waals surface area contributed by atoms with Crippen molar-refractivity contribution in [3.63, 3.8) is 0 Å². The molecule has 20 heavy (non-hydrogen) atoms. The van der Waals surface area contributed by atoms with Crippen LogP contribution in [0.2, 0.25) is 0 Å². The van der Waals surface area contributed by atoms with E-state index >= 15 is 0 Å². The molecule has 0 atom stereocenters. The van der Waals surface area contributed by atoms with Gasteiger partial charge in [0.25, 0.3) is 5.91 Å². The van der Waals surface area contributed by atoms with Crippen molar-refractivity contribution in [2.75, 3.05) is 30.3 Å². The molecule has 1 aromatic carbocycles. The van der Waals surface area contributed by atoms with Gasteiger partial charge in [-0.15, -0.1) is 11.3 Å². The number of amides is 1. The third-order valence-electron chi connectivity index (χ3n) is 3.54. The summed E-state index contributed by atoms with van der Waals surface area (Å²) in [5.74, 6) is 1.10. The van der Waals surface area contributed by atoms with Crippen LogP contribution in [0.3, 0.4) is 0 Å². The minimum Gasteiger partial charge on any atom is -0.397 e. The van der Waals surface area contributed by atoms with Gasteiger partial charge in [0.2, 0.25) is 0 Å². The molecule has 4 nitrogen and oxygen atoms in total. The highest BCUT2D eigenvalue weighted by molar-refractivity contribution is 7.85. The van der Waals surface area contributed by atoms with E-state index in [4.69, 9.17) is 5.73 Å². The van der Waals surface area contributed by atoms with E-state index in [0.29, 0.717) is 35.2 Å². The lowest BCUT2D eigenvalue weighted by molar-refractivity contribution is 0.0777. The predicted molar refractivity (Wildman–Crippen MR) is 84.8 cm³/mol. The summed E-state index contributed by atoms with van der Waals surface area (Å²) in [5, 5.41) is 0.949. The first-order valence-corrected chi connectivity index (χ1v) is 8.79. The average molecular weight is 308 g/mol. The largest absolute Gasteiger partial charge is 0.397 e. The lowest BCUT2D eigenvalue weighted by Gasteiger charge is -2.25. The fraction of sp³-hybridized carbons (Fsp3) is 0.357. The summed E-state index contributed by atoms with van der Waals surface area (Å²) in [6, 6.07) is 6.03. The van der Waals surface area contributed by atoms with Crippen LogP contribution in [0.25, 0.3) is 10.1 Å². The fourth-order valence-electron chi connectivity index (χ4n) is 2.37. The zero-order chi connectivity index (χ0) is 14.3. The molecular formula is C14H16N2O2S2. The van der Waals surface area contributed by atoms with Crippen LogP contribution in [0, 0.1) is 6.92 Å². The lowest BCUT2D eigenvalue weighted by atomic mass is 10.1. The molecule has 2 aromatic rings. The van der Waals surface area contributed by atoms with E-state index in [2.05, 4.69) is 6.07 Å². The second-order valence-electron chi connectivity index (χ2n) is 4.98. The maximum Gasteiger partial charge on any atom is 0.266 e. The first-order valence-electron chi connectivity index (χ1n) is 6.49. The average Bonchev–Trinajstić information content (AvgIpc) is 2.75. The number of hydrogen-bond donors (Lipinski definition) is 1. The van der Waals surface area contributed by atoms with Crippen molar-refractivity contribution in [3.8, 4) is 0 Å². The Morgan fingerprint density at radius 1 is 1.35 bits per heavy atom. The number of carbonyl (C=O) groups is 1. The molecule has 0 radical (unpaired) electrons. The third kappa shape index (κ3) is 2.33. The summed E-state index contributed by atoms with van der Waals surface area (Å²) in [5.41, 5.74) is 7.86. The van der Waals surface area contributed by atoms with Crippen LogP contribution < -0.4 is 5.73 Å². The van der Waals surface area contributed by atoms with Gasteiger partial charge in [-0.25, -0.2) is 0 Å². The molecule has 106 valence electrons. The fourth-order valence-corrected chi connectivity index (χ4v) is 4.61. The number of benzene rings is 1. The third-order valence-corrected chi connectivity index (χ3v) is 5.98. The number of hydrogen-bond acceptors (Lipinski definition) is 4. The second kappa shape index (κ2) is 5.18. The van der Waals surface area contributed by atoms with Crippen molar-refractivity contribution in [1.29, 1.82) is 0 Å². The molecule has 2 N–H and O–H groups in total. The van der Waals surface area contributed by atoms with Gasteiger partial charge in [-0.05, 0) is 18.6 Å². The SMILES string of the molecule is Cc1ccc2c(N)c(C(=O)N3CCS(=O)CC3)sc2c1. The first kappa shape index (κ1) is 13.6. The van der Waals surface area contributed by atoms with E-state index in [1.54, 1.807) is 4.90 Å². The number of anilines is 1. The van der Waals surface area contributed by atoms with Crippen LogP contribution in [0.4, 0.5) is 5.69 Å². The van der Waals surface area contributed by atoms with Gasteiger partial charge in [0.1, 0.15) is 4.88 Å². The van der Waals surface area contributed by atoms with E-state index in [0.717, 1.165) is 15.6 Å². The normalized spacial score (nSPS) is 16.8. The Kier molecular flexibility index (Phi) is 3.52. The summed E-state index contributed by atoms with van der Waals surface area (Å²) >= 11 is 1.45. The Morgan fingerprint density at radius 2 is 2.05 bits per heavy atom. The molecule has 1 aliphatic rings. The van der Waals surface area contributed by atoms with Crippen molar-refractivity contribution in [2.24, 2.45) is 0 Å². The van der Waals surface area contributed by atoms with E-state index < -0.39 is 10.8 Å². The summed E-state index contributed by atoms with van der Waals surface area (Å²) in [4.78, 5) is 14.9. The highest BCUT2D eigenvalue weighted by Crippen LogP contribution is 2.35. The minimum absolute atomic E-state index is 0.0296. The van der Waals surface area contributed by atoms with E-state index in [1.807, 2.05) is 19.1 Å². The summed E-state index contributed by atoms with van der Waals surface area (Å²) < 4.78 is 12.4. The number of nitrogens with two attached hydrogens (primary N) is 1. The van der Waals surface area contributed by atoms with Crippen LogP contribution >= 0.6 is 11.3 Å². The van der Waals surface area contributed by atoms with Crippen molar-refractivity contribution < 1.29 is 9.00 Å². The van der Waals surface area contributed by atoms with E-state index in [9.17, 15) is 9.00 Å². The van der Waals surface area contributed by atoms with Crippen LogP contribution in [-0.2, 0) is 10.8 Å². The maximum atomic E-state index is 12.5. The van der Waals surface area contributed by atoms with Crippen LogP contribution in [0.1, 0.15) is 15.2 Å². The van der Waals surface area contributed by atoms with Gasteiger partial charge < -0.3 is 10.6 Å². The molecule has 1 amide bonds. The number of rotatable bonds is 1. The molecule has 3 rings (SSSR count). The van der Waals surface area contributed by atoms with E-state index in [1.165, 1.54) is 11.3 Å². The second-order valence-corrected chi connectivity index (χ2v) is 7.73. The molecule has 0 spiro atoms. The number of fused-ring (bicyclic) bond motifs is 1. The molecule has 1 fully saturated rings. The first-order chi connectivity index (χ1) is 9.56. The Hall–Kier alpha value is -1.40. The van der Waals surface area contributed by atoms with Crippen molar-refractivity contribution >= 4 is 43.8 Å². The molecule has 0 unspecified atom stereocenters. The van der Waals surface area contributed by atoms with E-state index in [-0.39, 0.29) is 5.91 Å². The van der Waals surface area contributed by atoms with Gasteiger partial charge in [-0.2, -0.15) is 0 Å². The Bertz CT molecular complexity index is 699. The smallest absolute Gasteiger partial charge is 0.266 e. The van der Waals surface area contributed by atoms with Gasteiger partial charge in [-0.1, -0.05) is 12.1 Å². The predicted octanol–water partition coefficient (Wildman–Crippen LogP) is 2.00. The zero-order valence-corrected chi connectivity index (χ0v) is 12.9. The quantitative estimate of drug-likeness (QED) is 0.876. The van der Waals surface area contributed by atoms with Crippen molar-refractivity contribution in [3.05, 3.63) is 28.6 Å². The summed E-state index contributed by atoms with van der Waals surface area (Å²) in [7, 11) is -0.779. The molecule has 1 aromatic heterocycles. The number of thiophene rings is 1. The summed E-state index contributed by atoms with van der Waals surface area (Å²) in [6.45, 7) is 3.13. The number of aryl methyl sites for hydroxylation is 1. The lowest BCUT2D eigenvalue weighted by Crippen LogP contribution is -2.41. The van der Waals surface area contributed by atoms with Crippen molar-refractivity contribution in [2.45, 2.75) is 6.92 Å². The van der Waals surface area contributed by atoms with Crippen LogP contribution in [0.5, 0.6) is 0 Å². The van der Waals surface area contributed by atoms with Crippen LogP contribution in [-0.4, -0.2) is 39.6 Å². The van der Waals surface area contributed by atoms with Gasteiger partial charge in [-0.3, -0.25) is 9.00 Å². The summed E-state index contributed by atoms with van der Waals surface area (Å²) in [6.07, 6.45) is 0. The van der Waals surface area contributed by atoms with Crippen molar-refractivity contribution in [1.82, 2.24) is 4.90 Å². The molecule has 6 heteroatoms. The van der Waals surface area contributed by atoms with Gasteiger partial charge in [0.05, 0.1) is 5.69 Å². The molecule has 1 aliphatic heterocycles. The molecular weight excluding hydrogens is 292 g/mol. The Labute approximate surface area is 124 Å². The topological polar surface area (TPSA) is 63.4 Å². The monoisotopic (exact) mass is 308 g/mol. The van der Waals surface area contributed by atoms with Gasteiger partial charge >= 0.3 is 0 Å². The highest BCUT2D eigenvalue weighted by Gasteiger charge is 2.25. The molecule has 0 aliphatic carbocycles. The molecule has 1 saturated heterocycles. The Balaban J connectivity index is 1.95. The van der Waals surface area contributed by atoms with Gasteiger partial charge in [0, 0.05) is 45.5 Å². The highest BCUT2D eigenvalue weighted by atomic mass is 32.2. The number of nitrogen functional groups attached to an aromatic ring is 1. The zero-order valence-electron chi connectivity index (χ0n) is 11.2. The maximum absolute atomic E-state index is 12.5. The Morgan fingerprint density at radius 3 is 2.75 bits per heavy atom.